The van der Waals surface area contributed by atoms with E-state index in [9.17, 15) is 18.0 Å². The van der Waals surface area contributed by atoms with Crippen LogP contribution in [-0.2, 0) is 24.3 Å². The van der Waals surface area contributed by atoms with Crippen LogP contribution in [0, 0.1) is 0 Å². The van der Waals surface area contributed by atoms with Gasteiger partial charge in [0, 0.05) is 26.2 Å². The van der Waals surface area contributed by atoms with Gasteiger partial charge in [0.05, 0.1) is 19.4 Å². The molecule has 0 spiro atoms. The lowest BCUT2D eigenvalue weighted by Gasteiger charge is -2.32. The van der Waals surface area contributed by atoms with Gasteiger partial charge in [-0.15, -0.1) is 0 Å². The van der Waals surface area contributed by atoms with E-state index in [1.807, 2.05) is 4.90 Å². The molecule has 0 atom stereocenters. The minimum atomic E-state index is -3.16. The first-order valence-electron chi connectivity index (χ1n) is 6.17. The van der Waals surface area contributed by atoms with Gasteiger partial charge in [0.2, 0.25) is 10.0 Å². The molecule has 0 saturated carbocycles. The van der Waals surface area contributed by atoms with E-state index >= 15 is 0 Å². The second-order valence-corrected chi connectivity index (χ2v) is 6.44. The van der Waals surface area contributed by atoms with Crippen molar-refractivity contribution in [2.24, 2.45) is 0 Å². The molecule has 1 saturated heterocycles. The van der Waals surface area contributed by atoms with Gasteiger partial charge in [-0.3, -0.25) is 14.5 Å². The van der Waals surface area contributed by atoms with Gasteiger partial charge >= 0.3 is 5.97 Å². The molecule has 0 N–H and O–H groups in total. The summed E-state index contributed by atoms with van der Waals surface area (Å²) in [6, 6.07) is 0. The molecule has 0 aromatic heterocycles. The molecule has 110 valence electrons. The van der Waals surface area contributed by atoms with E-state index in [4.69, 9.17) is 4.74 Å². The van der Waals surface area contributed by atoms with Gasteiger partial charge in [-0.25, -0.2) is 8.42 Å². The third kappa shape index (κ3) is 5.66. The maximum absolute atomic E-state index is 11.6. The van der Waals surface area contributed by atoms with Gasteiger partial charge in [-0.1, -0.05) is 0 Å². The van der Waals surface area contributed by atoms with Crippen molar-refractivity contribution in [3.8, 4) is 0 Å². The van der Waals surface area contributed by atoms with Crippen LogP contribution in [0.25, 0.3) is 0 Å². The Hall–Kier alpha value is -0.990. The van der Waals surface area contributed by atoms with Gasteiger partial charge in [-0.2, -0.15) is 4.31 Å². The largest absolute Gasteiger partial charge is 0.466 e. The molecule has 0 aliphatic carbocycles. The van der Waals surface area contributed by atoms with E-state index < -0.39 is 16.0 Å². The molecule has 0 unspecified atom stereocenters. The Kier molecular flexibility index (Phi) is 5.89. The van der Waals surface area contributed by atoms with Crippen molar-refractivity contribution in [3.63, 3.8) is 0 Å². The van der Waals surface area contributed by atoms with Crippen molar-refractivity contribution in [1.82, 2.24) is 9.21 Å². The summed E-state index contributed by atoms with van der Waals surface area (Å²) in [5.41, 5.74) is 0. The number of ether oxygens (including phenoxy) is 1. The van der Waals surface area contributed by atoms with Crippen LogP contribution in [0.3, 0.4) is 0 Å². The minimum absolute atomic E-state index is 0.163. The van der Waals surface area contributed by atoms with Crippen molar-refractivity contribution < 1.29 is 22.7 Å². The van der Waals surface area contributed by atoms with Gasteiger partial charge in [0.15, 0.2) is 5.78 Å². The van der Waals surface area contributed by atoms with E-state index in [1.54, 1.807) is 6.92 Å². The SMILES string of the molecule is CCOC(=O)CC(=O)CN1CCN(S(C)(=O)=O)CC1. The molecular formula is C11H20N2O5S. The molecule has 8 heteroatoms. The number of piperazine rings is 1. The Balaban J connectivity index is 2.33. The van der Waals surface area contributed by atoms with Crippen LogP contribution in [0.2, 0.25) is 0 Å². The molecule has 0 aromatic rings. The summed E-state index contributed by atoms with van der Waals surface area (Å²) in [6.07, 6.45) is 0.953. The predicted octanol–water partition coefficient (Wildman–Crippen LogP) is -0.914. The Bertz CT molecular complexity index is 426. The molecule has 0 aromatic carbocycles. The summed E-state index contributed by atoms with van der Waals surface area (Å²) in [5.74, 6) is -0.714. The number of rotatable bonds is 6. The summed E-state index contributed by atoms with van der Waals surface area (Å²) in [6.45, 7) is 3.88. The van der Waals surface area contributed by atoms with Crippen molar-refractivity contribution in [2.75, 3.05) is 45.6 Å². The lowest BCUT2D eigenvalue weighted by atomic mass is 10.2. The summed E-state index contributed by atoms with van der Waals surface area (Å²) >= 11 is 0. The van der Waals surface area contributed by atoms with E-state index in [1.165, 1.54) is 10.6 Å². The predicted molar refractivity (Wildman–Crippen MR) is 69.1 cm³/mol. The summed E-state index contributed by atoms with van der Waals surface area (Å²) in [7, 11) is -3.16. The van der Waals surface area contributed by atoms with Crippen LogP contribution in [0.5, 0.6) is 0 Å². The molecule has 0 amide bonds. The smallest absolute Gasteiger partial charge is 0.313 e. The third-order valence-electron chi connectivity index (χ3n) is 2.85. The first kappa shape index (κ1) is 16.1. The monoisotopic (exact) mass is 292 g/mol. The lowest BCUT2D eigenvalue weighted by Crippen LogP contribution is -2.49. The van der Waals surface area contributed by atoms with Gasteiger partial charge < -0.3 is 4.74 Å². The first-order valence-corrected chi connectivity index (χ1v) is 8.02. The molecule has 1 fully saturated rings. The number of Topliss-reactive ketones (excluding diaryl/α,β-unsaturated/α-hetero) is 1. The maximum Gasteiger partial charge on any atom is 0.313 e. The molecular weight excluding hydrogens is 272 g/mol. The average Bonchev–Trinajstić information content (AvgIpc) is 2.28. The fourth-order valence-corrected chi connectivity index (χ4v) is 2.72. The van der Waals surface area contributed by atoms with Gasteiger partial charge in [0.25, 0.3) is 0 Å². The molecule has 7 nitrogen and oxygen atoms in total. The van der Waals surface area contributed by atoms with Crippen LogP contribution >= 0.6 is 0 Å². The quantitative estimate of drug-likeness (QED) is 0.465. The highest BCUT2D eigenvalue weighted by molar-refractivity contribution is 7.88. The Morgan fingerprint density at radius 1 is 1.16 bits per heavy atom. The van der Waals surface area contributed by atoms with Gasteiger partial charge in [-0.05, 0) is 6.92 Å². The van der Waals surface area contributed by atoms with E-state index in [0.29, 0.717) is 26.2 Å². The zero-order valence-corrected chi connectivity index (χ0v) is 12.1. The van der Waals surface area contributed by atoms with E-state index in [2.05, 4.69) is 0 Å². The van der Waals surface area contributed by atoms with Crippen molar-refractivity contribution in [2.45, 2.75) is 13.3 Å². The highest BCUT2D eigenvalue weighted by Crippen LogP contribution is 2.06. The number of carbonyl (C=O) groups excluding carboxylic acids is 2. The standard InChI is InChI=1S/C11H20N2O5S/c1-3-18-11(15)8-10(14)9-12-4-6-13(7-5-12)19(2,16)17/h3-9H2,1-2H3. The van der Waals surface area contributed by atoms with Crippen LogP contribution in [0.1, 0.15) is 13.3 Å². The number of esters is 1. The Morgan fingerprint density at radius 3 is 2.21 bits per heavy atom. The molecule has 1 aliphatic rings. The van der Waals surface area contributed by atoms with Crippen molar-refractivity contribution in [1.29, 1.82) is 0 Å². The number of hydrogen-bond donors (Lipinski definition) is 0. The van der Waals surface area contributed by atoms with Crippen molar-refractivity contribution in [3.05, 3.63) is 0 Å². The summed E-state index contributed by atoms with van der Waals surface area (Å²) < 4.78 is 28.7. The Morgan fingerprint density at radius 2 is 1.74 bits per heavy atom. The second-order valence-electron chi connectivity index (χ2n) is 4.46. The zero-order valence-electron chi connectivity index (χ0n) is 11.3. The highest BCUT2D eigenvalue weighted by atomic mass is 32.2. The lowest BCUT2D eigenvalue weighted by molar-refractivity contribution is -0.145. The van der Waals surface area contributed by atoms with E-state index in [0.717, 1.165) is 0 Å². The molecule has 1 aliphatic heterocycles. The first-order chi connectivity index (χ1) is 8.82. The van der Waals surface area contributed by atoms with Crippen LogP contribution in [0.15, 0.2) is 0 Å². The second kappa shape index (κ2) is 6.97. The van der Waals surface area contributed by atoms with Crippen LogP contribution < -0.4 is 0 Å². The molecule has 1 rings (SSSR count). The maximum atomic E-state index is 11.6. The molecule has 1 heterocycles. The van der Waals surface area contributed by atoms with Gasteiger partial charge in [0.1, 0.15) is 6.42 Å². The fraction of sp³-hybridized carbons (Fsp3) is 0.818. The molecule has 0 bridgehead atoms. The fourth-order valence-electron chi connectivity index (χ4n) is 1.90. The van der Waals surface area contributed by atoms with Crippen LogP contribution in [0.4, 0.5) is 0 Å². The number of hydrogen-bond acceptors (Lipinski definition) is 6. The highest BCUT2D eigenvalue weighted by Gasteiger charge is 2.24. The third-order valence-corrected chi connectivity index (χ3v) is 4.15. The number of sulfonamides is 1. The zero-order chi connectivity index (χ0) is 14.5. The van der Waals surface area contributed by atoms with E-state index in [-0.39, 0.29) is 25.4 Å². The molecule has 19 heavy (non-hydrogen) atoms. The minimum Gasteiger partial charge on any atom is -0.466 e. The normalized spacial score (nSPS) is 18.2. The topological polar surface area (TPSA) is 84.0 Å². The van der Waals surface area contributed by atoms with Crippen LogP contribution in [-0.4, -0.2) is 75.0 Å². The average molecular weight is 292 g/mol. The number of ketones is 1. The Labute approximate surface area is 113 Å². The molecule has 0 radical (unpaired) electrons. The number of carbonyl (C=O) groups is 2. The summed E-state index contributed by atoms with van der Waals surface area (Å²) in [4.78, 5) is 24.6. The van der Waals surface area contributed by atoms with Crippen molar-refractivity contribution >= 4 is 21.8 Å². The summed E-state index contributed by atoms with van der Waals surface area (Å²) in [5, 5.41) is 0. The number of nitrogens with zero attached hydrogens (tertiary/aromatic N) is 2.